The first-order valence-electron chi connectivity index (χ1n) is 8.91. The van der Waals surface area contributed by atoms with Gasteiger partial charge in [-0.3, -0.25) is 4.79 Å². The molecule has 0 saturated carbocycles. The summed E-state index contributed by atoms with van der Waals surface area (Å²) in [5.41, 5.74) is 2.58. The highest BCUT2D eigenvalue weighted by Gasteiger charge is 2.28. The summed E-state index contributed by atoms with van der Waals surface area (Å²) in [6, 6.07) is 3.96. The minimum Gasteiger partial charge on any atom is -0.507 e. The number of phenolic OH excluding ortho intramolecular Hbond substituents is 1. The Labute approximate surface area is 161 Å². The third-order valence-corrected chi connectivity index (χ3v) is 4.42. The predicted octanol–water partition coefficient (Wildman–Crippen LogP) is 3.81. The van der Waals surface area contributed by atoms with E-state index in [4.69, 9.17) is 4.74 Å². The van der Waals surface area contributed by atoms with Crippen LogP contribution in [0.4, 0.5) is 0 Å². The maximum absolute atomic E-state index is 12.4. The highest BCUT2D eigenvalue weighted by molar-refractivity contribution is 5.99. The van der Waals surface area contributed by atoms with Gasteiger partial charge in [0.2, 0.25) is 0 Å². The second kappa shape index (κ2) is 7.18. The Hall–Kier alpha value is -2.63. The molecule has 27 heavy (non-hydrogen) atoms. The first-order valence-corrected chi connectivity index (χ1v) is 8.91. The Balaban J connectivity index is 2.88. The van der Waals surface area contributed by atoms with Crippen molar-refractivity contribution in [3.05, 3.63) is 35.0 Å². The average Bonchev–Trinajstić information content (AvgIpc) is 2.58. The fraction of sp³-hybridized carbons (Fsp3) is 0.476. The Kier molecular flexibility index (Phi) is 5.50. The molecule has 0 atom stereocenters. The number of nitrogens with zero attached hydrogens (tertiary/aromatic N) is 2. The summed E-state index contributed by atoms with van der Waals surface area (Å²) in [5, 5.41) is 13.5. The van der Waals surface area contributed by atoms with Crippen LogP contribution in [0.2, 0.25) is 0 Å². The van der Waals surface area contributed by atoms with Gasteiger partial charge in [-0.1, -0.05) is 41.5 Å². The number of rotatable bonds is 3. The van der Waals surface area contributed by atoms with Crippen LogP contribution in [0.15, 0.2) is 18.3 Å². The van der Waals surface area contributed by atoms with Gasteiger partial charge in [0.15, 0.2) is 0 Å². The van der Waals surface area contributed by atoms with E-state index < -0.39 is 0 Å². The predicted molar refractivity (Wildman–Crippen MR) is 106 cm³/mol. The number of benzene rings is 1. The number of hydrogen-bond acceptors (Lipinski definition) is 5. The summed E-state index contributed by atoms with van der Waals surface area (Å²) in [5.74, 6) is -0.00314. The fourth-order valence-corrected chi connectivity index (χ4v) is 2.90. The van der Waals surface area contributed by atoms with Crippen molar-refractivity contribution in [2.45, 2.75) is 52.4 Å². The second-order valence-corrected chi connectivity index (χ2v) is 8.62. The number of carbonyl (C=O) groups excluding carboxylic acids is 1. The molecule has 2 aromatic rings. The van der Waals surface area contributed by atoms with Gasteiger partial charge < -0.3 is 15.2 Å². The molecule has 1 aromatic carbocycles. The number of amides is 1. The van der Waals surface area contributed by atoms with E-state index in [-0.39, 0.29) is 28.5 Å². The Morgan fingerprint density at radius 1 is 1.07 bits per heavy atom. The summed E-state index contributed by atoms with van der Waals surface area (Å²) >= 11 is 0. The molecule has 6 heteroatoms. The SMILES string of the molecule is CNC(=O)c1cnc(OC)nc1-c1cc(C(C)(C)C)c(O)c(C(C)(C)C)c1. The lowest BCUT2D eigenvalue weighted by molar-refractivity contribution is 0.0963. The number of nitrogens with one attached hydrogen (secondary N) is 1. The van der Waals surface area contributed by atoms with E-state index in [0.29, 0.717) is 11.3 Å². The first kappa shape index (κ1) is 20.7. The van der Waals surface area contributed by atoms with E-state index in [1.165, 1.54) is 13.3 Å². The van der Waals surface area contributed by atoms with Crippen LogP contribution in [-0.4, -0.2) is 35.1 Å². The smallest absolute Gasteiger partial charge is 0.316 e. The van der Waals surface area contributed by atoms with Crippen molar-refractivity contribution in [2.75, 3.05) is 14.2 Å². The number of methoxy groups -OCH3 is 1. The van der Waals surface area contributed by atoms with Crippen molar-refractivity contribution in [3.8, 4) is 23.0 Å². The molecule has 146 valence electrons. The van der Waals surface area contributed by atoms with E-state index in [0.717, 1.165) is 16.7 Å². The molecule has 0 unspecified atom stereocenters. The van der Waals surface area contributed by atoms with Crippen LogP contribution in [0.1, 0.15) is 63.0 Å². The van der Waals surface area contributed by atoms with Crippen LogP contribution < -0.4 is 10.1 Å². The number of ether oxygens (including phenoxy) is 1. The quantitative estimate of drug-likeness (QED) is 0.857. The average molecular weight is 371 g/mol. The van der Waals surface area contributed by atoms with Gasteiger partial charge in [-0.25, -0.2) is 4.98 Å². The summed E-state index contributed by atoms with van der Waals surface area (Å²) in [6.45, 7) is 12.2. The molecule has 2 N–H and O–H groups in total. The summed E-state index contributed by atoms with van der Waals surface area (Å²) in [6.07, 6.45) is 1.46. The Morgan fingerprint density at radius 2 is 1.59 bits per heavy atom. The topological polar surface area (TPSA) is 84.3 Å². The van der Waals surface area contributed by atoms with Crippen molar-refractivity contribution in [3.63, 3.8) is 0 Å². The molecular weight excluding hydrogens is 342 g/mol. The Morgan fingerprint density at radius 3 is 2.00 bits per heavy atom. The lowest BCUT2D eigenvalue weighted by Gasteiger charge is -2.28. The molecule has 0 aliphatic heterocycles. The van der Waals surface area contributed by atoms with E-state index in [1.807, 2.05) is 53.7 Å². The zero-order chi connectivity index (χ0) is 20.6. The van der Waals surface area contributed by atoms with E-state index in [9.17, 15) is 9.90 Å². The molecule has 1 aromatic heterocycles. The zero-order valence-corrected chi connectivity index (χ0v) is 17.4. The number of phenols is 1. The third kappa shape index (κ3) is 4.21. The molecular formula is C21H29N3O3. The van der Waals surface area contributed by atoms with Crippen LogP contribution in [0.3, 0.4) is 0 Å². The third-order valence-electron chi connectivity index (χ3n) is 4.42. The summed E-state index contributed by atoms with van der Waals surface area (Å²) < 4.78 is 5.16. The number of hydrogen-bond donors (Lipinski definition) is 2. The van der Waals surface area contributed by atoms with Gasteiger partial charge >= 0.3 is 6.01 Å². The van der Waals surface area contributed by atoms with Crippen LogP contribution in [0.25, 0.3) is 11.3 Å². The minimum absolute atomic E-state index is 0.181. The minimum atomic E-state index is -0.287. The maximum Gasteiger partial charge on any atom is 0.316 e. The molecule has 1 amide bonds. The molecule has 0 spiro atoms. The molecule has 0 radical (unpaired) electrons. The van der Waals surface area contributed by atoms with E-state index >= 15 is 0 Å². The number of aromatic hydroxyl groups is 1. The van der Waals surface area contributed by atoms with Crippen molar-refractivity contribution >= 4 is 5.91 Å². The van der Waals surface area contributed by atoms with Gasteiger partial charge in [0.25, 0.3) is 5.91 Å². The second-order valence-electron chi connectivity index (χ2n) is 8.62. The molecule has 2 rings (SSSR count). The highest BCUT2D eigenvalue weighted by Crippen LogP contribution is 2.42. The standard InChI is InChI=1S/C21H29N3O3/c1-20(2,3)14-9-12(10-15(17(14)25)21(4,5)6)16-13(18(26)22-7)11-23-19(24-16)27-8/h9-11,25H,1-8H3,(H,22,26). The van der Waals surface area contributed by atoms with E-state index in [1.54, 1.807) is 7.05 Å². The van der Waals surface area contributed by atoms with Crippen molar-refractivity contribution in [1.82, 2.24) is 15.3 Å². The molecule has 0 aliphatic carbocycles. The molecule has 0 saturated heterocycles. The fourth-order valence-electron chi connectivity index (χ4n) is 2.90. The monoisotopic (exact) mass is 371 g/mol. The van der Waals surface area contributed by atoms with E-state index in [2.05, 4.69) is 15.3 Å². The summed E-state index contributed by atoms with van der Waals surface area (Å²) in [4.78, 5) is 20.9. The highest BCUT2D eigenvalue weighted by atomic mass is 16.5. The lowest BCUT2D eigenvalue weighted by atomic mass is 9.78. The van der Waals surface area contributed by atoms with Gasteiger partial charge in [0, 0.05) is 29.9 Å². The van der Waals surface area contributed by atoms with Crippen LogP contribution in [0.5, 0.6) is 11.8 Å². The zero-order valence-electron chi connectivity index (χ0n) is 17.4. The maximum atomic E-state index is 12.4. The molecule has 1 heterocycles. The normalized spacial score (nSPS) is 12.0. The Bertz CT molecular complexity index is 827. The number of carbonyl (C=O) groups is 1. The summed E-state index contributed by atoms with van der Waals surface area (Å²) in [7, 11) is 3.05. The van der Waals surface area contributed by atoms with Gasteiger partial charge in [0.05, 0.1) is 18.4 Å². The van der Waals surface area contributed by atoms with Crippen molar-refractivity contribution in [1.29, 1.82) is 0 Å². The van der Waals surface area contributed by atoms with Gasteiger partial charge in [0.1, 0.15) is 5.75 Å². The molecule has 0 aliphatic rings. The van der Waals surface area contributed by atoms with Crippen molar-refractivity contribution in [2.24, 2.45) is 0 Å². The van der Waals surface area contributed by atoms with Gasteiger partial charge in [-0.2, -0.15) is 4.98 Å². The van der Waals surface area contributed by atoms with Crippen LogP contribution >= 0.6 is 0 Å². The van der Waals surface area contributed by atoms with Crippen molar-refractivity contribution < 1.29 is 14.6 Å². The largest absolute Gasteiger partial charge is 0.507 e. The lowest BCUT2D eigenvalue weighted by Crippen LogP contribution is -2.21. The molecule has 6 nitrogen and oxygen atoms in total. The van der Waals surface area contributed by atoms with Gasteiger partial charge in [-0.05, 0) is 23.0 Å². The van der Waals surface area contributed by atoms with Crippen LogP contribution in [-0.2, 0) is 10.8 Å². The molecule has 0 bridgehead atoms. The van der Waals surface area contributed by atoms with Crippen LogP contribution in [0, 0.1) is 0 Å². The van der Waals surface area contributed by atoms with Gasteiger partial charge in [-0.15, -0.1) is 0 Å². The number of aromatic nitrogens is 2. The molecule has 0 fully saturated rings. The first-order chi connectivity index (χ1) is 12.4.